The minimum atomic E-state index is 0.110. The first-order chi connectivity index (χ1) is 7.70. The molecule has 1 atom stereocenters. The van der Waals surface area contributed by atoms with E-state index in [1.165, 1.54) is 0 Å². The first-order valence-electron chi connectivity index (χ1n) is 5.09. The van der Waals surface area contributed by atoms with Gasteiger partial charge in [0, 0.05) is 15.9 Å². The summed E-state index contributed by atoms with van der Waals surface area (Å²) in [4.78, 5) is 0. The molecule has 1 aromatic rings. The van der Waals surface area contributed by atoms with E-state index in [2.05, 4.69) is 52.0 Å². The molecule has 1 heterocycles. The average molecular weight is 274 g/mol. The van der Waals surface area contributed by atoms with Gasteiger partial charge in [0.15, 0.2) is 0 Å². The van der Waals surface area contributed by atoms with Crippen LogP contribution < -0.4 is 5.32 Å². The molecule has 0 fully saturated rings. The van der Waals surface area contributed by atoms with Gasteiger partial charge in [-0.15, -0.1) is 6.42 Å². The minimum Gasteiger partial charge on any atom is -0.358 e. The Labute approximate surface area is 104 Å². The van der Waals surface area contributed by atoms with Crippen molar-refractivity contribution >= 4 is 21.6 Å². The summed E-state index contributed by atoms with van der Waals surface area (Å²) in [7, 11) is 0. The van der Waals surface area contributed by atoms with Gasteiger partial charge >= 0.3 is 0 Å². The Morgan fingerprint density at radius 1 is 1.38 bits per heavy atom. The van der Waals surface area contributed by atoms with E-state index in [9.17, 15) is 0 Å². The third-order valence-electron chi connectivity index (χ3n) is 2.63. The molecule has 2 heteroatoms. The van der Waals surface area contributed by atoms with Gasteiger partial charge < -0.3 is 5.32 Å². The Balaban J connectivity index is 2.24. The number of rotatable bonds is 1. The van der Waals surface area contributed by atoms with Gasteiger partial charge in [0.2, 0.25) is 0 Å². The van der Waals surface area contributed by atoms with E-state index in [4.69, 9.17) is 6.42 Å². The van der Waals surface area contributed by atoms with Crippen molar-refractivity contribution in [1.29, 1.82) is 0 Å². The molecule has 1 aromatic carbocycles. The minimum absolute atomic E-state index is 0.110. The van der Waals surface area contributed by atoms with E-state index in [0.717, 1.165) is 27.9 Å². The lowest BCUT2D eigenvalue weighted by atomic mass is 9.96. The number of allylic oxidation sites excluding steroid dienone is 2. The van der Waals surface area contributed by atoms with E-state index in [1.54, 1.807) is 0 Å². The van der Waals surface area contributed by atoms with Crippen LogP contribution in [-0.2, 0) is 0 Å². The lowest BCUT2D eigenvalue weighted by molar-refractivity contribution is 0.729. The van der Waals surface area contributed by atoms with Crippen molar-refractivity contribution in [3.63, 3.8) is 0 Å². The Morgan fingerprint density at radius 3 is 2.62 bits per heavy atom. The van der Waals surface area contributed by atoms with Crippen molar-refractivity contribution in [2.75, 3.05) is 0 Å². The lowest BCUT2D eigenvalue weighted by Crippen LogP contribution is -2.21. The van der Waals surface area contributed by atoms with Crippen molar-refractivity contribution < 1.29 is 0 Å². The van der Waals surface area contributed by atoms with Gasteiger partial charge in [0.25, 0.3) is 0 Å². The van der Waals surface area contributed by atoms with Gasteiger partial charge in [-0.25, -0.2) is 0 Å². The third kappa shape index (κ3) is 2.20. The predicted octanol–water partition coefficient (Wildman–Crippen LogP) is 3.55. The van der Waals surface area contributed by atoms with E-state index in [-0.39, 0.29) is 5.92 Å². The Kier molecular flexibility index (Phi) is 3.17. The van der Waals surface area contributed by atoms with Crippen LogP contribution in [0.15, 0.2) is 47.1 Å². The number of halogens is 1. The second-order valence-electron chi connectivity index (χ2n) is 3.73. The molecule has 0 aromatic heterocycles. The molecular weight excluding hydrogens is 262 g/mol. The van der Waals surface area contributed by atoms with Crippen molar-refractivity contribution in [3.05, 3.63) is 52.7 Å². The van der Waals surface area contributed by atoms with Gasteiger partial charge in [-0.2, -0.15) is 0 Å². The monoisotopic (exact) mass is 273 g/mol. The maximum atomic E-state index is 5.41. The fourth-order valence-electron chi connectivity index (χ4n) is 1.68. The van der Waals surface area contributed by atoms with Gasteiger partial charge in [0.1, 0.15) is 0 Å². The quantitative estimate of drug-likeness (QED) is 0.772. The van der Waals surface area contributed by atoms with Gasteiger partial charge in [-0.05, 0) is 24.1 Å². The van der Waals surface area contributed by atoms with E-state index in [0.29, 0.717) is 0 Å². The fraction of sp³-hybridized carbons (Fsp3) is 0.143. The highest BCUT2D eigenvalue weighted by molar-refractivity contribution is 9.10. The summed E-state index contributed by atoms with van der Waals surface area (Å²) in [5.41, 5.74) is 3.15. The molecule has 1 aliphatic rings. The standard InChI is InChI=1S/C14H12BrN/c1-3-11-6-9-14(16-10(11)2)12-4-7-13(15)8-5-12/h1,4-5,7-9,11,16H,2,6H2. The molecule has 1 N–H and O–H groups in total. The maximum absolute atomic E-state index is 5.41. The molecule has 0 saturated heterocycles. The smallest absolute Gasteiger partial charge is 0.0629 e. The first kappa shape index (κ1) is 11.0. The molecule has 0 bridgehead atoms. The zero-order chi connectivity index (χ0) is 11.5. The van der Waals surface area contributed by atoms with Crippen molar-refractivity contribution in [3.8, 4) is 12.3 Å². The van der Waals surface area contributed by atoms with Gasteiger partial charge in [0.05, 0.1) is 5.92 Å². The zero-order valence-corrected chi connectivity index (χ0v) is 10.4. The largest absolute Gasteiger partial charge is 0.358 e. The summed E-state index contributed by atoms with van der Waals surface area (Å²) in [6.07, 6.45) is 8.39. The van der Waals surface area contributed by atoms with Crippen LogP contribution in [0.25, 0.3) is 5.70 Å². The molecule has 0 aliphatic carbocycles. The number of benzene rings is 1. The van der Waals surface area contributed by atoms with Crippen LogP contribution in [-0.4, -0.2) is 0 Å². The lowest BCUT2D eigenvalue weighted by Gasteiger charge is -2.23. The van der Waals surface area contributed by atoms with Crippen LogP contribution in [0.3, 0.4) is 0 Å². The molecule has 0 saturated carbocycles. The topological polar surface area (TPSA) is 12.0 Å². The second-order valence-corrected chi connectivity index (χ2v) is 4.65. The zero-order valence-electron chi connectivity index (χ0n) is 8.83. The molecule has 16 heavy (non-hydrogen) atoms. The Bertz CT molecular complexity index is 476. The molecule has 0 amide bonds. The van der Waals surface area contributed by atoms with Crippen LogP contribution in [0.1, 0.15) is 12.0 Å². The SMILES string of the molecule is C#CC1CC=C(c2ccc(Br)cc2)NC1=C. The maximum Gasteiger partial charge on any atom is 0.0629 e. The first-order valence-corrected chi connectivity index (χ1v) is 5.88. The molecule has 2 rings (SSSR count). The Morgan fingerprint density at radius 2 is 2.06 bits per heavy atom. The van der Waals surface area contributed by atoms with E-state index >= 15 is 0 Å². The second kappa shape index (κ2) is 4.59. The highest BCUT2D eigenvalue weighted by atomic mass is 79.9. The fourth-order valence-corrected chi connectivity index (χ4v) is 1.94. The van der Waals surface area contributed by atoms with Crippen LogP contribution in [0.5, 0.6) is 0 Å². The predicted molar refractivity (Wildman–Crippen MR) is 71.3 cm³/mol. The van der Waals surface area contributed by atoms with Crippen molar-refractivity contribution in [1.82, 2.24) is 5.32 Å². The molecular formula is C14H12BrN. The number of hydrogen-bond donors (Lipinski definition) is 1. The van der Waals surface area contributed by atoms with Crippen LogP contribution in [0, 0.1) is 18.3 Å². The summed E-state index contributed by atoms with van der Waals surface area (Å²) in [5, 5.41) is 3.26. The van der Waals surface area contributed by atoms with Crippen molar-refractivity contribution in [2.45, 2.75) is 6.42 Å². The summed E-state index contributed by atoms with van der Waals surface area (Å²) in [5.74, 6) is 2.83. The normalized spacial score (nSPS) is 19.6. The van der Waals surface area contributed by atoms with E-state index < -0.39 is 0 Å². The highest BCUT2D eigenvalue weighted by Gasteiger charge is 2.15. The molecule has 0 spiro atoms. The van der Waals surface area contributed by atoms with Gasteiger partial charge in [-0.1, -0.05) is 46.6 Å². The highest BCUT2D eigenvalue weighted by Crippen LogP contribution is 2.25. The average Bonchev–Trinajstić information content (AvgIpc) is 2.30. The molecule has 1 aliphatic heterocycles. The number of nitrogens with one attached hydrogen (secondary N) is 1. The van der Waals surface area contributed by atoms with E-state index in [1.807, 2.05) is 12.1 Å². The summed E-state index contributed by atoms with van der Waals surface area (Å²) in [6, 6.07) is 8.17. The van der Waals surface area contributed by atoms with Crippen LogP contribution in [0.4, 0.5) is 0 Å². The van der Waals surface area contributed by atoms with Crippen LogP contribution >= 0.6 is 15.9 Å². The molecule has 0 radical (unpaired) electrons. The number of terminal acetylenes is 1. The molecule has 80 valence electrons. The van der Waals surface area contributed by atoms with Gasteiger partial charge in [-0.3, -0.25) is 0 Å². The molecule has 1 unspecified atom stereocenters. The molecule has 1 nitrogen and oxygen atoms in total. The Hall–Kier alpha value is -1.46. The summed E-state index contributed by atoms with van der Waals surface area (Å²) < 4.78 is 1.08. The van der Waals surface area contributed by atoms with Crippen LogP contribution in [0.2, 0.25) is 0 Å². The summed E-state index contributed by atoms with van der Waals surface area (Å²) >= 11 is 3.42. The number of hydrogen-bond acceptors (Lipinski definition) is 1. The van der Waals surface area contributed by atoms with Crippen molar-refractivity contribution in [2.24, 2.45) is 5.92 Å². The third-order valence-corrected chi connectivity index (χ3v) is 3.16. The summed E-state index contributed by atoms with van der Waals surface area (Å²) in [6.45, 7) is 3.96.